The number of methoxy groups -OCH3 is 1. The van der Waals surface area contributed by atoms with E-state index in [2.05, 4.69) is 10.3 Å². The van der Waals surface area contributed by atoms with Gasteiger partial charge in [-0.25, -0.2) is 9.78 Å². The number of ether oxygens (including phenoxy) is 1. The summed E-state index contributed by atoms with van der Waals surface area (Å²) in [7, 11) is 1.32. The lowest BCUT2D eigenvalue weighted by molar-refractivity contribution is -0.132. The zero-order valence-electron chi connectivity index (χ0n) is 12.5. The molecule has 0 aromatic carbocycles. The molecule has 21 heavy (non-hydrogen) atoms. The number of rotatable bonds is 4. The molecule has 6 heteroatoms. The van der Waals surface area contributed by atoms with E-state index in [9.17, 15) is 9.59 Å². The predicted octanol–water partition coefficient (Wildman–Crippen LogP) is 1.68. The van der Waals surface area contributed by atoms with Crippen LogP contribution in [0.5, 0.6) is 0 Å². The first-order valence-corrected chi connectivity index (χ1v) is 7.22. The number of pyridine rings is 1. The molecule has 114 valence electrons. The smallest absolute Gasteiger partial charge is 0.341 e. The second kappa shape index (κ2) is 7.06. The van der Waals surface area contributed by atoms with Crippen molar-refractivity contribution in [3.05, 3.63) is 23.9 Å². The van der Waals surface area contributed by atoms with E-state index in [4.69, 9.17) is 4.74 Å². The fraction of sp³-hybridized carbons (Fsp3) is 0.533. The number of piperidine rings is 1. The van der Waals surface area contributed by atoms with Gasteiger partial charge in [0.2, 0.25) is 5.91 Å². The molecule has 6 nitrogen and oxygen atoms in total. The molecule has 0 bridgehead atoms. The summed E-state index contributed by atoms with van der Waals surface area (Å²) in [5.74, 6) is -0.0541. The fourth-order valence-electron chi connectivity index (χ4n) is 2.45. The van der Waals surface area contributed by atoms with Gasteiger partial charge in [0.05, 0.1) is 7.11 Å². The molecule has 0 aliphatic carbocycles. The first-order chi connectivity index (χ1) is 10.1. The molecular formula is C15H21N3O3. The van der Waals surface area contributed by atoms with Crippen molar-refractivity contribution < 1.29 is 14.3 Å². The Morgan fingerprint density at radius 2 is 2.05 bits per heavy atom. The van der Waals surface area contributed by atoms with Crippen molar-refractivity contribution in [1.29, 1.82) is 0 Å². The van der Waals surface area contributed by atoms with Crippen molar-refractivity contribution >= 4 is 17.7 Å². The molecule has 1 N–H and O–H groups in total. The Balaban J connectivity index is 2.06. The minimum Gasteiger partial charge on any atom is -0.465 e. The van der Waals surface area contributed by atoms with Crippen LogP contribution in [0.15, 0.2) is 18.3 Å². The van der Waals surface area contributed by atoms with E-state index in [1.165, 1.54) is 13.5 Å². The van der Waals surface area contributed by atoms with Crippen LogP contribution in [0.3, 0.4) is 0 Å². The quantitative estimate of drug-likeness (QED) is 0.855. The number of hydrogen-bond donors (Lipinski definition) is 1. The molecule has 1 aromatic heterocycles. The average molecular weight is 291 g/mol. The van der Waals surface area contributed by atoms with Crippen molar-refractivity contribution in [2.24, 2.45) is 0 Å². The van der Waals surface area contributed by atoms with Crippen molar-refractivity contribution in [3.8, 4) is 0 Å². The number of esters is 1. The van der Waals surface area contributed by atoms with Gasteiger partial charge in [-0.2, -0.15) is 0 Å². The summed E-state index contributed by atoms with van der Waals surface area (Å²) in [6.07, 6.45) is 4.86. The van der Waals surface area contributed by atoms with E-state index in [1.54, 1.807) is 25.3 Å². The number of hydrogen-bond acceptors (Lipinski definition) is 5. The van der Waals surface area contributed by atoms with Crippen LogP contribution < -0.4 is 5.32 Å². The first kappa shape index (κ1) is 15.3. The second-order valence-electron chi connectivity index (χ2n) is 5.14. The van der Waals surface area contributed by atoms with Gasteiger partial charge in [0.1, 0.15) is 17.4 Å². The third kappa shape index (κ3) is 3.71. The van der Waals surface area contributed by atoms with Gasteiger partial charge in [-0.15, -0.1) is 0 Å². The summed E-state index contributed by atoms with van der Waals surface area (Å²) in [5.41, 5.74) is 0.332. The lowest BCUT2D eigenvalue weighted by Gasteiger charge is -2.29. The topological polar surface area (TPSA) is 71.5 Å². The molecular weight excluding hydrogens is 270 g/mol. The molecule has 1 aromatic rings. The molecule has 1 aliphatic heterocycles. The summed E-state index contributed by atoms with van der Waals surface area (Å²) in [6.45, 7) is 3.39. The minimum absolute atomic E-state index is 0.0381. The number of carbonyl (C=O) groups is 2. The van der Waals surface area contributed by atoms with E-state index in [0.29, 0.717) is 11.4 Å². The Labute approximate surface area is 124 Å². The average Bonchev–Trinajstić information content (AvgIpc) is 2.54. The number of likely N-dealkylation sites (tertiary alicyclic amines) is 1. The van der Waals surface area contributed by atoms with Crippen LogP contribution in [-0.4, -0.2) is 48.0 Å². The van der Waals surface area contributed by atoms with E-state index in [0.717, 1.165) is 25.9 Å². The standard InChI is InChI=1S/C15H21N3O3/c1-11(14(19)18-9-4-3-5-10-18)17-13-12(15(20)21-2)7-6-8-16-13/h6-8,11H,3-5,9-10H2,1-2H3,(H,16,17). The molecule has 0 saturated carbocycles. The maximum Gasteiger partial charge on any atom is 0.341 e. The number of nitrogens with zero attached hydrogens (tertiary/aromatic N) is 2. The highest BCUT2D eigenvalue weighted by molar-refractivity contribution is 5.95. The van der Waals surface area contributed by atoms with Crippen molar-refractivity contribution in [2.45, 2.75) is 32.2 Å². The van der Waals surface area contributed by atoms with Crippen LogP contribution in [0.2, 0.25) is 0 Å². The minimum atomic E-state index is -0.469. The SMILES string of the molecule is COC(=O)c1cccnc1NC(C)C(=O)N1CCCCC1. The fourth-order valence-corrected chi connectivity index (χ4v) is 2.45. The van der Waals surface area contributed by atoms with E-state index >= 15 is 0 Å². The van der Waals surface area contributed by atoms with Crippen molar-refractivity contribution in [2.75, 3.05) is 25.5 Å². The van der Waals surface area contributed by atoms with E-state index in [-0.39, 0.29) is 5.91 Å². The van der Waals surface area contributed by atoms with Gasteiger partial charge in [0, 0.05) is 19.3 Å². The Morgan fingerprint density at radius 1 is 1.33 bits per heavy atom. The molecule has 1 aliphatic rings. The Kier molecular flexibility index (Phi) is 5.14. The van der Waals surface area contributed by atoms with Crippen LogP contribution in [-0.2, 0) is 9.53 Å². The van der Waals surface area contributed by atoms with Gasteiger partial charge in [-0.05, 0) is 38.3 Å². The zero-order chi connectivity index (χ0) is 15.2. The Morgan fingerprint density at radius 3 is 2.71 bits per heavy atom. The van der Waals surface area contributed by atoms with Crippen LogP contribution in [0.1, 0.15) is 36.5 Å². The lowest BCUT2D eigenvalue weighted by atomic mass is 10.1. The monoisotopic (exact) mass is 291 g/mol. The number of amides is 1. The van der Waals surface area contributed by atoms with Crippen molar-refractivity contribution in [3.63, 3.8) is 0 Å². The third-order valence-electron chi connectivity index (χ3n) is 3.60. The molecule has 2 rings (SSSR count). The zero-order valence-corrected chi connectivity index (χ0v) is 12.5. The maximum absolute atomic E-state index is 12.4. The molecule has 1 atom stereocenters. The lowest BCUT2D eigenvalue weighted by Crippen LogP contribution is -2.44. The highest BCUT2D eigenvalue weighted by atomic mass is 16.5. The summed E-state index contributed by atoms with van der Waals surface area (Å²) in [5, 5.41) is 3.02. The van der Waals surface area contributed by atoms with Gasteiger partial charge >= 0.3 is 5.97 Å². The van der Waals surface area contributed by atoms with Crippen molar-refractivity contribution in [1.82, 2.24) is 9.88 Å². The predicted molar refractivity (Wildman–Crippen MR) is 79.1 cm³/mol. The van der Waals surface area contributed by atoms with Gasteiger partial charge in [-0.3, -0.25) is 4.79 Å². The maximum atomic E-state index is 12.4. The third-order valence-corrected chi connectivity index (χ3v) is 3.60. The Hall–Kier alpha value is -2.11. The van der Waals surface area contributed by atoms with Crippen LogP contribution in [0.4, 0.5) is 5.82 Å². The van der Waals surface area contributed by atoms with Gasteiger partial charge in [0.15, 0.2) is 0 Å². The van der Waals surface area contributed by atoms with E-state index < -0.39 is 12.0 Å². The number of anilines is 1. The number of aromatic nitrogens is 1. The Bertz CT molecular complexity index is 513. The molecule has 0 spiro atoms. The molecule has 1 unspecified atom stereocenters. The highest BCUT2D eigenvalue weighted by Crippen LogP contribution is 2.16. The number of carbonyl (C=O) groups excluding carboxylic acids is 2. The molecule has 1 fully saturated rings. The normalized spacial score (nSPS) is 16.2. The molecule has 1 amide bonds. The summed E-state index contributed by atoms with van der Waals surface area (Å²) < 4.78 is 4.72. The van der Waals surface area contributed by atoms with Crippen LogP contribution in [0, 0.1) is 0 Å². The number of nitrogens with one attached hydrogen (secondary N) is 1. The largest absolute Gasteiger partial charge is 0.465 e. The van der Waals surface area contributed by atoms with Gasteiger partial charge in [-0.1, -0.05) is 0 Å². The highest BCUT2D eigenvalue weighted by Gasteiger charge is 2.23. The summed E-state index contributed by atoms with van der Waals surface area (Å²) in [6, 6.07) is 2.86. The van der Waals surface area contributed by atoms with Gasteiger partial charge in [0.25, 0.3) is 0 Å². The van der Waals surface area contributed by atoms with E-state index in [1.807, 2.05) is 4.90 Å². The van der Waals surface area contributed by atoms with Gasteiger partial charge < -0.3 is 15.0 Å². The second-order valence-corrected chi connectivity index (χ2v) is 5.14. The summed E-state index contributed by atoms with van der Waals surface area (Å²) in [4.78, 5) is 30.1. The molecule has 2 heterocycles. The molecule has 0 radical (unpaired) electrons. The van der Waals surface area contributed by atoms with Crippen LogP contribution in [0.25, 0.3) is 0 Å². The summed E-state index contributed by atoms with van der Waals surface area (Å²) >= 11 is 0. The van der Waals surface area contributed by atoms with Crippen LogP contribution >= 0.6 is 0 Å². The molecule has 1 saturated heterocycles. The first-order valence-electron chi connectivity index (χ1n) is 7.22.